The summed E-state index contributed by atoms with van der Waals surface area (Å²) >= 11 is 0. The van der Waals surface area contributed by atoms with Gasteiger partial charge in [0.1, 0.15) is 0 Å². The summed E-state index contributed by atoms with van der Waals surface area (Å²) in [5.41, 5.74) is 2.62. The summed E-state index contributed by atoms with van der Waals surface area (Å²) in [6.45, 7) is 5.45. The molecule has 4 nitrogen and oxygen atoms in total. The van der Waals surface area contributed by atoms with Gasteiger partial charge >= 0.3 is 0 Å². The average molecular weight is 276 g/mol. The van der Waals surface area contributed by atoms with Crippen LogP contribution >= 0.6 is 0 Å². The van der Waals surface area contributed by atoms with E-state index in [1.807, 2.05) is 0 Å². The molecule has 0 aromatic heterocycles. The number of benzene rings is 1. The molecule has 2 aliphatic rings. The first kappa shape index (κ1) is 14.0. The van der Waals surface area contributed by atoms with Gasteiger partial charge in [0.2, 0.25) is 0 Å². The first-order chi connectivity index (χ1) is 9.69. The Kier molecular flexibility index (Phi) is 4.36. The van der Waals surface area contributed by atoms with Gasteiger partial charge in [-0.05, 0) is 24.0 Å². The molecule has 1 aromatic carbocycles. The first-order valence-electron chi connectivity index (χ1n) is 7.58. The van der Waals surface area contributed by atoms with Gasteiger partial charge in [-0.2, -0.15) is 0 Å². The van der Waals surface area contributed by atoms with Crippen LogP contribution < -0.4 is 0 Å². The molecule has 1 aromatic rings. The molecule has 0 aliphatic carbocycles. The van der Waals surface area contributed by atoms with Crippen molar-refractivity contribution in [3.63, 3.8) is 0 Å². The van der Waals surface area contributed by atoms with Gasteiger partial charge in [-0.1, -0.05) is 24.3 Å². The molecule has 20 heavy (non-hydrogen) atoms. The second kappa shape index (κ2) is 6.22. The molecule has 2 saturated heterocycles. The van der Waals surface area contributed by atoms with Crippen LogP contribution in [0.2, 0.25) is 0 Å². The predicted octanol–water partition coefficient (Wildman–Crippen LogP) is 0.820. The Balaban J connectivity index is 1.52. The molecule has 2 heterocycles. The largest absolute Gasteiger partial charge is 0.392 e. The van der Waals surface area contributed by atoms with Gasteiger partial charge in [0.15, 0.2) is 0 Å². The van der Waals surface area contributed by atoms with Crippen molar-refractivity contribution in [1.82, 2.24) is 9.80 Å². The van der Waals surface area contributed by atoms with Crippen molar-refractivity contribution in [2.45, 2.75) is 38.1 Å². The molecule has 3 rings (SSSR count). The van der Waals surface area contributed by atoms with E-state index in [-0.39, 0.29) is 12.2 Å². The Labute approximate surface area is 120 Å². The van der Waals surface area contributed by atoms with E-state index in [1.54, 1.807) is 0 Å². The van der Waals surface area contributed by atoms with Crippen LogP contribution in [-0.2, 0) is 13.1 Å². The summed E-state index contributed by atoms with van der Waals surface area (Å²) in [6, 6.07) is 8.75. The third kappa shape index (κ3) is 3.58. The lowest BCUT2D eigenvalue weighted by Gasteiger charge is -2.17. The Morgan fingerprint density at radius 2 is 1.20 bits per heavy atom. The Morgan fingerprint density at radius 1 is 0.800 bits per heavy atom. The number of nitrogens with zero attached hydrogens (tertiary/aromatic N) is 2. The summed E-state index contributed by atoms with van der Waals surface area (Å²) in [5, 5.41) is 19.1. The van der Waals surface area contributed by atoms with Crippen LogP contribution in [0, 0.1) is 0 Å². The zero-order valence-electron chi connectivity index (χ0n) is 11.9. The normalized spacial score (nSPS) is 28.3. The van der Waals surface area contributed by atoms with Gasteiger partial charge in [-0.3, -0.25) is 9.80 Å². The van der Waals surface area contributed by atoms with Gasteiger partial charge in [0.05, 0.1) is 12.2 Å². The fourth-order valence-electron chi connectivity index (χ4n) is 3.18. The molecule has 2 aliphatic heterocycles. The van der Waals surface area contributed by atoms with Crippen molar-refractivity contribution in [3.05, 3.63) is 35.4 Å². The van der Waals surface area contributed by atoms with Gasteiger partial charge in [0, 0.05) is 39.3 Å². The first-order valence-corrected chi connectivity index (χ1v) is 7.58. The van der Waals surface area contributed by atoms with Crippen molar-refractivity contribution < 1.29 is 10.2 Å². The van der Waals surface area contributed by atoms with E-state index < -0.39 is 0 Å². The SMILES string of the molecule is OC1CCN(Cc2ccc(CN3CCC(O)C3)cc2)C1. The maximum absolute atomic E-state index is 9.53. The Bertz CT molecular complexity index is 394. The molecule has 2 N–H and O–H groups in total. The molecule has 0 spiro atoms. The number of β-amino-alcohol motifs (C(OH)–C–C–N with tert-alkyl or cyclic N) is 2. The number of hydrogen-bond acceptors (Lipinski definition) is 4. The maximum atomic E-state index is 9.53. The maximum Gasteiger partial charge on any atom is 0.0679 e. The van der Waals surface area contributed by atoms with Crippen LogP contribution in [0.5, 0.6) is 0 Å². The van der Waals surface area contributed by atoms with Gasteiger partial charge in [-0.15, -0.1) is 0 Å². The van der Waals surface area contributed by atoms with Crippen LogP contribution in [0.1, 0.15) is 24.0 Å². The molecule has 4 heteroatoms. The molecule has 0 saturated carbocycles. The molecule has 2 atom stereocenters. The minimum Gasteiger partial charge on any atom is -0.392 e. The minimum atomic E-state index is -0.143. The molecular weight excluding hydrogens is 252 g/mol. The highest BCUT2D eigenvalue weighted by molar-refractivity contribution is 5.22. The van der Waals surface area contributed by atoms with E-state index in [0.717, 1.165) is 52.1 Å². The third-order valence-electron chi connectivity index (χ3n) is 4.33. The molecular formula is C16H24N2O2. The Hall–Kier alpha value is -0.940. The topological polar surface area (TPSA) is 46.9 Å². The fourth-order valence-corrected chi connectivity index (χ4v) is 3.18. The average Bonchev–Trinajstić information content (AvgIpc) is 3.01. The molecule has 0 amide bonds. The smallest absolute Gasteiger partial charge is 0.0679 e. The van der Waals surface area contributed by atoms with Crippen molar-refractivity contribution in [2.75, 3.05) is 26.2 Å². The van der Waals surface area contributed by atoms with E-state index in [0.29, 0.717) is 0 Å². The van der Waals surface area contributed by atoms with Crippen molar-refractivity contribution in [2.24, 2.45) is 0 Å². The number of aliphatic hydroxyl groups excluding tert-OH is 2. The highest BCUT2D eigenvalue weighted by Crippen LogP contribution is 2.16. The fraction of sp³-hybridized carbons (Fsp3) is 0.625. The van der Waals surface area contributed by atoms with Crippen LogP contribution in [0.4, 0.5) is 0 Å². The molecule has 0 bridgehead atoms. The zero-order valence-corrected chi connectivity index (χ0v) is 11.9. The van der Waals surface area contributed by atoms with Gasteiger partial charge in [-0.25, -0.2) is 0 Å². The van der Waals surface area contributed by atoms with E-state index in [4.69, 9.17) is 0 Å². The summed E-state index contributed by atoms with van der Waals surface area (Å²) in [6.07, 6.45) is 1.51. The molecule has 2 unspecified atom stereocenters. The lowest BCUT2D eigenvalue weighted by molar-refractivity contribution is 0.174. The summed E-state index contributed by atoms with van der Waals surface area (Å²) < 4.78 is 0. The molecule has 2 fully saturated rings. The monoisotopic (exact) mass is 276 g/mol. The third-order valence-corrected chi connectivity index (χ3v) is 4.33. The lowest BCUT2D eigenvalue weighted by Crippen LogP contribution is -2.22. The van der Waals surface area contributed by atoms with Crippen molar-refractivity contribution >= 4 is 0 Å². The highest BCUT2D eigenvalue weighted by atomic mass is 16.3. The number of aliphatic hydroxyl groups is 2. The number of hydrogen-bond donors (Lipinski definition) is 2. The van der Waals surface area contributed by atoms with Gasteiger partial charge in [0.25, 0.3) is 0 Å². The lowest BCUT2D eigenvalue weighted by atomic mass is 10.1. The van der Waals surface area contributed by atoms with E-state index in [2.05, 4.69) is 34.1 Å². The number of rotatable bonds is 4. The predicted molar refractivity (Wildman–Crippen MR) is 78.2 cm³/mol. The Morgan fingerprint density at radius 3 is 1.50 bits per heavy atom. The zero-order chi connectivity index (χ0) is 13.9. The van der Waals surface area contributed by atoms with Crippen molar-refractivity contribution in [1.29, 1.82) is 0 Å². The van der Waals surface area contributed by atoms with Crippen LogP contribution in [0.25, 0.3) is 0 Å². The summed E-state index contributed by atoms with van der Waals surface area (Å²) in [5.74, 6) is 0. The standard InChI is InChI=1S/C16H24N2O2/c19-15-5-7-17(11-15)9-13-1-2-14(4-3-13)10-18-8-6-16(20)12-18/h1-4,15-16,19-20H,5-12H2. The van der Waals surface area contributed by atoms with E-state index in [1.165, 1.54) is 11.1 Å². The minimum absolute atomic E-state index is 0.143. The summed E-state index contributed by atoms with van der Waals surface area (Å²) in [4.78, 5) is 4.60. The van der Waals surface area contributed by atoms with Crippen LogP contribution in [0.3, 0.4) is 0 Å². The summed E-state index contributed by atoms with van der Waals surface area (Å²) in [7, 11) is 0. The van der Waals surface area contributed by atoms with Crippen LogP contribution in [-0.4, -0.2) is 58.4 Å². The van der Waals surface area contributed by atoms with E-state index in [9.17, 15) is 10.2 Å². The van der Waals surface area contributed by atoms with E-state index >= 15 is 0 Å². The second-order valence-electron chi connectivity index (χ2n) is 6.17. The van der Waals surface area contributed by atoms with Gasteiger partial charge < -0.3 is 10.2 Å². The molecule has 110 valence electrons. The second-order valence-corrected chi connectivity index (χ2v) is 6.17. The molecule has 0 radical (unpaired) electrons. The quantitative estimate of drug-likeness (QED) is 0.855. The number of likely N-dealkylation sites (tertiary alicyclic amines) is 2. The highest BCUT2D eigenvalue weighted by Gasteiger charge is 2.21. The van der Waals surface area contributed by atoms with Crippen LogP contribution in [0.15, 0.2) is 24.3 Å². The van der Waals surface area contributed by atoms with Crippen molar-refractivity contribution in [3.8, 4) is 0 Å².